The number of aromatic amines is 2. The van der Waals surface area contributed by atoms with Gasteiger partial charge in [0.1, 0.15) is 29.4 Å². The maximum atomic E-state index is 16.8. The summed E-state index contributed by atoms with van der Waals surface area (Å²) >= 11 is 0. The van der Waals surface area contributed by atoms with Gasteiger partial charge in [0, 0.05) is 43.8 Å². The highest BCUT2D eigenvalue weighted by molar-refractivity contribution is 5.87. The predicted octanol–water partition coefficient (Wildman–Crippen LogP) is 7.27. The van der Waals surface area contributed by atoms with Gasteiger partial charge in [0.25, 0.3) is 0 Å². The molecule has 6 aliphatic rings. The van der Waals surface area contributed by atoms with Crippen molar-refractivity contribution in [2.24, 2.45) is 29.6 Å². The number of anilines is 2. The molecule has 5 fully saturated rings. The van der Waals surface area contributed by atoms with Gasteiger partial charge in [0.2, 0.25) is 11.8 Å². The van der Waals surface area contributed by atoms with E-state index in [1.54, 1.807) is 17.0 Å². The molecule has 16 nitrogen and oxygen atoms in total. The van der Waals surface area contributed by atoms with Gasteiger partial charge < -0.3 is 49.7 Å². The number of carbonyl (C=O) groups is 4. The van der Waals surface area contributed by atoms with Crippen LogP contribution in [-0.4, -0.2) is 112 Å². The molecule has 0 bridgehead atoms. The molecule has 4 N–H and O–H groups in total. The molecule has 2 aromatic carbocycles. The van der Waals surface area contributed by atoms with Crippen LogP contribution in [-0.2, 0) is 19.1 Å². The Bertz CT molecular complexity index is 2790. The first-order valence-corrected chi connectivity index (χ1v) is 26.3. The van der Waals surface area contributed by atoms with Gasteiger partial charge in [0.05, 0.1) is 54.1 Å². The van der Waals surface area contributed by atoms with Gasteiger partial charge in [-0.25, -0.2) is 28.3 Å². The second-order valence-electron chi connectivity index (χ2n) is 21.7. The van der Waals surface area contributed by atoms with Crippen LogP contribution in [0, 0.1) is 41.2 Å². The average molecular weight is 993 g/mol. The van der Waals surface area contributed by atoms with E-state index in [1.165, 1.54) is 27.1 Å². The molecule has 2 aromatic heterocycles. The lowest BCUT2D eigenvalue weighted by Gasteiger charge is -2.37. The minimum atomic E-state index is -0.756. The van der Waals surface area contributed by atoms with Crippen molar-refractivity contribution < 1.29 is 37.4 Å². The van der Waals surface area contributed by atoms with Crippen molar-refractivity contribution in [2.45, 2.75) is 135 Å². The molecule has 6 heterocycles. The molecular weight excluding hydrogens is 923 g/mol. The van der Waals surface area contributed by atoms with Crippen molar-refractivity contribution in [3.8, 4) is 0 Å². The third-order valence-corrected chi connectivity index (χ3v) is 16.7. The van der Waals surface area contributed by atoms with Gasteiger partial charge in [-0.2, -0.15) is 0 Å². The molecule has 9 atom stereocenters. The Labute approximate surface area is 419 Å². The van der Waals surface area contributed by atoms with E-state index in [0.717, 1.165) is 72.2 Å². The minimum Gasteiger partial charge on any atom is -0.453 e. The molecule has 386 valence electrons. The smallest absolute Gasteiger partial charge is 0.407 e. The molecule has 10 rings (SSSR count). The Morgan fingerprint density at radius 3 is 1.86 bits per heavy atom. The average Bonchev–Trinajstić information content (AvgIpc) is 4.23. The number of imidazole rings is 2. The van der Waals surface area contributed by atoms with Crippen LogP contribution in [0.25, 0.3) is 23.2 Å². The first-order valence-electron chi connectivity index (χ1n) is 26.3. The summed E-state index contributed by atoms with van der Waals surface area (Å²) in [6.07, 6.45) is 12.7. The fourth-order valence-electron chi connectivity index (χ4n) is 13.0. The molecule has 4 saturated heterocycles. The molecule has 4 aliphatic heterocycles. The summed E-state index contributed by atoms with van der Waals surface area (Å²) in [5.74, 6) is 0.461. The maximum absolute atomic E-state index is 16.8. The molecule has 18 heteroatoms. The van der Waals surface area contributed by atoms with E-state index in [1.807, 2.05) is 43.6 Å². The zero-order valence-electron chi connectivity index (χ0n) is 42.4. The zero-order chi connectivity index (χ0) is 50.5. The second kappa shape index (κ2) is 20.4. The van der Waals surface area contributed by atoms with Crippen molar-refractivity contribution in [2.75, 3.05) is 50.2 Å². The van der Waals surface area contributed by atoms with Crippen LogP contribution < -0.4 is 31.1 Å². The number of ether oxygens (including phenoxy) is 2. The largest absolute Gasteiger partial charge is 0.453 e. The highest BCUT2D eigenvalue weighted by Gasteiger charge is 2.43. The Morgan fingerprint density at radius 1 is 0.708 bits per heavy atom. The molecule has 1 saturated carbocycles. The third-order valence-electron chi connectivity index (χ3n) is 16.7. The van der Waals surface area contributed by atoms with E-state index in [4.69, 9.17) is 19.4 Å². The van der Waals surface area contributed by atoms with Gasteiger partial charge in [-0.1, -0.05) is 58.8 Å². The van der Waals surface area contributed by atoms with Crippen molar-refractivity contribution in [3.05, 3.63) is 69.9 Å². The number of nitrogens with zero attached hydrogens (tertiary/aromatic N) is 6. The number of aromatic nitrogens is 4. The molecule has 72 heavy (non-hydrogen) atoms. The van der Waals surface area contributed by atoms with Crippen LogP contribution in [0.4, 0.5) is 29.7 Å². The van der Waals surface area contributed by atoms with E-state index in [0.29, 0.717) is 68.2 Å². The quantitative estimate of drug-likeness (QED) is 0.113. The van der Waals surface area contributed by atoms with Crippen molar-refractivity contribution in [1.82, 2.24) is 40.4 Å². The molecule has 1 unspecified atom stereocenters. The van der Waals surface area contributed by atoms with Crippen LogP contribution in [0.5, 0.6) is 0 Å². The molecular formula is C54H70F2N10O6. The van der Waals surface area contributed by atoms with Gasteiger partial charge >= 0.3 is 12.2 Å². The molecule has 4 aromatic rings. The Hall–Kier alpha value is -6.20. The second-order valence-corrected chi connectivity index (χ2v) is 21.7. The van der Waals surface area contributed by atoms with Gasteiger partial charge in [-0.15, -0.1) is 0 Å². The van der Waals surface area contributed by atoms with E-state index in [9.17, 15) is 19.2 Å². The maximum Gasteiger partial charge on any atom is 0.407 e. The fourth-order valence-corrected chi connectivity index (χ4v) is 13.0. The highest BCUT2D eigenvalue weighted by atomic mass is 19.1. The lowest BCUT2D eigenvalue weighted by Crippen LogP contribution is -2.51. The third kappa shape index (κ3) is 9.38. The molecule has 2 aliphatic carbocycles. The van der Waals surface area contributed by atoms with Crippen LogP contribution in [0.15, 0.2) is 30.3 Å². The number of methoxy groups -OCH3 is 2. The number of benzene rings is 2. The minimum absolute atomic E-state index is 0.0455. The number of amides is 4. The summed E-state index contributed by atoms with van der Waals surface area (Å²) in [4.78, 5) is 77.3. The Kier molecular flexibility index (Phi) is 14.0. The lowest BCUT2D eigenvalue weighted by molar-refractivity contribution is -0.136. The van der Waals surface area contributed by atoms with E-state index in [-0.39, 0.29) is 59.4 Å². The predicted molar refractivity (Wildman–Crippen MR) is 269 cm³/mol. The summed E-state index contributed by atoms with van der Waals surface area (Å²) < 4.78 is 43.2. The number of H-pyrrole nitrogens is 2. The van der Waals surface area contributed by atoms with E-state index in [2.05, 4.69) is 49.8 Å². The summed E-state index contributed by atoms with van der Waals surface area (Å²) in [7, 11) is 2.56. The fraction of sp³-hybridized carbons (Fsp3) is 0.593. The van der Waals surface area contributed by atoms with Gasteiger partial charge in [-0.3, -0.25) is 9.59 Å². The number of halogens is 2. The summed E-state index contributed by atoms with van der Waals surface area (Å²) in [5.41, 5.74) is 3.09. The number of rotatable bonds is 12. The summed E-state index contributed by atoms with van der Waals surface area (Å²) in [6, 6.07) is 6.73. The monoisotopic (exact) mass is 993 g/mol. The van der Waals surface area contributed by atoms with E-state index >= 15 is 8.78 Å². The summed E-state index contributed by atoms with van der Waals surface area (Å²) in [6.45, 7) is 9.99. The number of fused-ring (bicyclic) bond motifs is 3. The standard InChI is InChI=1S/C54H70F2N10O6/c1-29(2)46(61-53(69)71-5)51(67)64-21-9-13-44(64)49-57-38-17-15-31(23-40(38)59-49)42-19-20-43(66(42)35-25-36(55)48(37(56)26-35)63-27-33-11-7-8-12-34(33)28-63)32-16-18-39-41(24-32)60-50(58-39)45-14-10-22-65(45)52(68)47(30(3)4)62-54(70)72-6/h15,17-18,23-26,29-30,32-34,42-47H,7-14,16,19-22,27-28H2,1-6H3,(H,57,59)(H,58,60)(H,61,69)(H,62,70)/t32?,33-,34+,42-,43-,44+,45+,46+,47+/m1/s1. The lowest BCUT2D eigenvalue weighted by atomic mass is 9.82. The Balaban J connectivity index is 0.960. The first kappa shape index (κ1) is 49.4. The highest BCUT2D eigenvalue weighted by Crippen LogP contribution is 2.47. The van der Waals surface area contributed by atoms with Crippen molar-refractivity contribution in [3.63, 3.8) is 0 Å². The number of nitrogens with one attached hydrogen (secondary N) is 4. The first-order chi connectivity index (χ1) is 34.7. The van der Waals surface area contributed by atoms with Crippen LogP contribution in [0.3, 0.4) is 0 Å². The van der Waals surface area contributed by atoms with E-state index < -0.39 is 35.9 Å². The Morgan fingerprint density at radius 2 is 1.29 bits per heavy atom. The number of alkyl carbamates (subject to hydrolysis) is 2. The van der Waals surface area contributed by atoms with Gasteiger partial charge in [-0.05, 0) is 111 Å². The number of hydrogen-bond acceptors (Lipinski definition) is 10. The van der Waals surface area contributed by atoms with Crippen LogP contribution in [0.2, 0.25) is 0 Å². The summed E-state index contributed by atoms with van der Waals surface area (Å²) in [5, 5.41) is 7.11. The van der Waals surface area contributed by atoms with Crippen LogP contribution in [0.1, 0.15) is 134 Å². The topological polar surface area (TPSA) is 181 Å². The van der Waals surface area contributed by atoms with Crippen LogP contribution >= 0.6 is 0 Å². The van der Waals surface area contributed by atoms with Crippen molar-refractivity contribution >= 4 is 58.6 Å². The number of carbonyl (C=O) groups excluding carboxylic acids is 4. The molecule has 0 spiro atoms. The normalized spacial score (nSPS) is 25.8. The zero-order valence-corrected chi connectivity index (χ0v) is 42.4. The SMILES string of the molecule is COC(=O)N[C@H](C(=O)N1CCC[C@H]1c1nc2c([nH]1)=CC([C@H]1CC[C@H](c3ccc4nc([C@@H]5CCCN5C(=O)[C@@H](NC(=O)OC)C(C)C)[nH]c4c3)N1c1cc(F)c(N3C[C@H]4CCCC[C@H]4C3)c(F)c1)CC=2)C(C)C. The number of likely N-dealkylation sites (tertiary alicyclic amines) is 2. The molecule has 4 amide bonds. The van der Waals surface area contributed by atoms with Crippen molar-refractivity contribution in [1.29, 1.82) is 0 Å². The number of hydrogen-bond donors (Lipinski definition) is 4. The van der Waals surface area contributed by atoms with Gasteiger partial charge in [0.15, 0.2) is 11.6 Å². The molecule has 0 radical (unpaired) electrons.